The number of hydrogen-bond acceptors (Lipinski definition) is 3. The smallest absolute Gasteiger partial charge is 0.234 e. The van der Waals surface area contributed by atoms with Crippen molar-refractivity contribution in [3.8, 4) is 0 Å². The third-order valence-electron chi connectivity index (χ3n) is 3.92. The van der Waals surface area contributed by atoms with Gasteiger partial charge in [0.2, 0.25) is 5.91 Å². The molecule has 0 saturated carbocycles. The van der Waals surface area contributed by atoms with E-state index in [1.807, 2.05) is 11.9 Å². The van der Waals surface area contributed by atoms with E-state index in [2.05, 4.69) is 25.7 Å². The lowest BCUT2D eigenvalue weighted by molar-refractivity contribution is -0.122. The van der Waals surface area contributed by atoms with Crippen molar-refractivity contribution in [2.45, 2.75) is 71.3 Å². The maximum absolute atomic E-state index is 11.7. The van der Waals surface area contributed by atoms with Gasteiger partial charge in [-0.2, -0.15) is 0 Å². The quantitative estimate of drug-likeness (QED) is 0.395. The molecule has 4 heteroatoms. The molecule has 0 fully saturated rings. The molecular formula is C18H34N2O2. The topological polar surface area (TPSA) is 49.4 Å². The lowest BCUT2D eigenvalue weighted by atomic mass is 10.1. The predicted octanol–water partition coefficient (Wildman–Crippen LogP) is 3.32. The van der Waals surface area contributed by atoms with E-state index in [0.717, 1.165) is 32.2 Å². The summed E-state index contributed by atoms with van der Waals surface area (Å²) in [4.78, 5) is 24.7. The number of rotatable bonds is 14. The third-order valence-corrected chi connectivity index (χ3v) is 3.92. The van der Waals surface area contributed by atoms with E-state index < -0.39 is 0 Å². The summed E-state index contributed by atoms with van der Waals surface area (Å²) in [5.74, 6) is 0.266. The molecule has 0 radical (unpaired) electrons. The zero-order valence-electron chi connectivity index (χ0n) is 14.7. The van der Waals surface area contributed by atoms with Crippen molar-refractivity contribution in [3.05, 3.63) is 12.7 Å². The molecule has 0 heterocycles. The van der Waals surface area contributed by atoms with Gasteiger partial charge in [-0.25, -0.2) is 0 Å². The number of nitrogens with one attached hydrogen (secondary N) is 1. The van der Waals surface area contributed by atoms with E-state index in [1.54, 1.807) is 0 Å². The highest BCUT2D eigenvalue weighted by Crippen LogP contribution is 2.08. The highest BCUT2D eigenvalue weighted by molar-refractivity contribution is 5.88. The van der Waals surface area contributed by atoms with E-state index in [9.17, 15) is 9.59 Å². The number of ketones is 1. The van der Waals surface area contributed by atoms with Gasteiger partial charge in [-0.3, -0.25) is 14.5 Å². The number of carbonyl (C=O) groups is 2. The Bertz CT molecular complexity index is 327. The van der Waals surface area contributed by atoms with Crippen molar-refractivity contribution < 1.29 is 9.59 Å². The van der Waals surface area contributed by atoms with Crippen LogP contribution in [0, 0.1) is 0 Å². The largest absolute Gasteiger partial charge is 0.355 e. The summed E-state index contributed by atoms with van der Waals surface area (Å²) < 4.78 is 0. The lowest BCUT2D eigenvalue weighted by Gasteiger charge is -2.20. The van der Waals surface area contributed by atoms with E-state index in [1.165, 1.54) is 25.3 Å². The van der Waals surface area contributed by atoms with Crippen molar-refractivity contribution in [1.29, 1.82) is 0 Å². The van der Waals surface area contributed by atoms with E-state index in [0.29, 0.717) is 19.0 Å². The van der Waals surface area contributed by atoms with Gasteiger partial charge in [0, 0.05) is 19.0 Å². The zero-order valence-corrected chi connectivity index (χ0v) is 14.7. The van der Waals surface area contributed by atoms with Crippen LogP contribution in [0.15, 0.2) is 12.7 Å². The summed E-state index contributed by atoms with van der Waals surface area (Å²) in [6.45, 7) is 8.89. The molecule has 1 N–H and O–H groups in total. The molecule has 0 aromatic rings. The average molecular weight is 310 g/mol. The SMILES string of the molecule is C=CC(=O)CCCCCCCCCNC(=O)CN(C)C(C)C. The maximum atomic E-state index is 11.7. The molecule has 22 heavy (non-hydrogen) atoms. The normalized spacial score (nSPS) is 11.0. The van der Waals surface area contributed by atoms with Crippen LogP contribution in [0.1, 0.15) is 65.2 Å². The third kappa shape index (κ3) is 12.6. The Kier molecular flexibility index (Phi) is 12.8. The monoisotopic (exact) mass is 310 g/mol. The van der Waals surface area contributed by atoms with Gasteiger partial charge in [0.25, 0.3) is 0 Å². The number of amides is 1. The second kappa shape index (κ2) is 13.5. The predicted molar refractivity (Wildman–Crippen MR) is 92.9 cm³/mol. The molecule has 0 aliphatic heterocycles. The molecule has 0 unspecified atom stereocenters. The Morgan fingerprint density at radius 2 is 1.59 bits per heavy atom. The van der Waals surface area contributed by atoms with Crippen LogP contribution in [0.25, 0.3) is 0 Å². The summed E-state index contributed by atoms with van der Waals surface area (Å²) >= 11 is 0. The van der Waals surface area contributed by atoms with Crippen LogP contribution >= 0.6 is 0 Å². The molecule has 1 amide bonds. The minimum atomic E-state index is 0.114. The molecule has 0 aromatic heterocycles. The molecule has 0 aliphatic rings. The summed E-state index contributed by atoms with van der Waals surface area (Å²) in [6, 6.07) is 0.396. The van der Waals surface area contributed by atoms with Crippen molar-refractivity contribution >= 4 is 11.7 Å². The minimum Gasteiger partial charge on any atom is -0.355 e. The maximum Gasteiger partial charge on any atom is 0.234 e. The summed E-state index contributed by atoms with van der Waals surface area (Å²) in [7, 11) is 1.97. The summed E-state index contributed by atoms with van der Waals surface area (Å²) in [6.07, 6.45) is 9.97. The van der Waals surface area contributed by atoms with E-state index in [-0.39, 0.29) is 11.7 Å². The number of unbranched alkanes of at least 4 members (excludes halogenated alkanes) is 6. The molecule has 0 rings (SSSR count). The minimum absolute atomic E-state index is 0.114. The Balaban J connectivity index is 3.31. The van der Waals surface area contributed by atoms with Crippen LogP contribution in [-0.4, -0.2) is 42.8 Å². The van der Waals surface area contributed by atoms with Gasteiger partial charge < -0.3 is 5.32 Å². The first-order chi connectivity index (χ1) is 10.5. The molecule has 128 valence electrons. The van der Waals surface area contributed by atoms with Gasteiger partial charge >= 0.3 is 0 Å². The van der Waals surface area contributed by atoms with Crippen LogP contribution < -0.4 is 5.32 Å². The van der Waals surface area contributed by atoms with Crippen LogP contribution in [0.2, 0.25) is 0 Å². The van der Waals surface area contributed by atoms with Gasteiger partial charge in [-0.15, -0.1) is 0 Å². The van der Waals surface area contributed by atoms with Crippen molar-refractivity contribution in [3.63, 3.8) is 0 Å². The molecule has 0 aromatic carbocycles. The summed E-state index contributed by atoms with van der Waals surface area (Å²) in [5, 5.41) is 2.97. The standard InChI is InChI=1S/C18H34N2O2/c1-5-17(21)13-11-9-7-6-8-10-12-14-19-18(22)15-20(4)16(2)3/h5,16H,1,6-15H2,2-4H3,(H,19,22). The molecule has 0 spiro atoms. The number of likely N-dealkylation sites (N-methyl/N-ethyl adjacent to an activating group) is 1. The van der Waals surface area contributed by atoms with Gasteiger partial charge in [0.1, 0.15) is 0 Å². The van der Waals surface area contributed by atoms with Gasteiger partial charge in [-0.05, 0) is 39.8 Å². The fraction of sp³-hybridized carbons (Fsp3) is 0.778. The fourth-order valence-electron chi connectivity index (χ4n) is 2.10. The van der Waals surface area contributed by atoms with Crippen molar-refractivity contribution in [1.82, 2.24) is 10.2 Å². The van der Waals surface area contributed by atoms with Crippen LogP contribution in [0.4, 0.5) is 0 Å². The van der Waals surface area contributed by atoms with E-state index in [4.69, 9.17) is 0 Å². The number of hydrogen-bond donors (Lipinski definition) is 1. The Morgan fingerprint density at radius 3 is 2.14 bits per heavy atom. The van der Waals surface area contributed by atoms with Gasteiger partial charge in [0.15, 0.2) is 5.78 Å². The van der Waals surface area contributed by atoms with Gasteiger partial charge in [-0.1, -0.05) is 38.7 Å². The molecule has 0 bridgehead atoms. The molecule has 4 nitrogen and oxygen atoms in total. The summed E-state index contributed by atoms with van der Waals surface area (Å²) in [5.41, 5.74) is 0. The van der Waals surface area contributed by atoms with E-state index >= 15 is 0 Å². The first-order valence-electron chi connectivity index (χ1n) is 8.59. The Labute approximate surface area is 136 Å². The molecule has 0 atom stereocenters. The molecule has 0 aliphatic carbocycles. The van der Waals surface area contributed by atoms with Crippen molar-refractivity contribution in [2.24, 2.45) is 0 Å². The first kappa shape index (κ1) is 20.8. The first-order valence-corrected chi connectivity index (χ1v) is 8.59. The average Bonchev–Trinajstić information content (AvgIpc) is 2.48. The van der Waals surface area contributed by atoms with Crippen LogP contribution in [0.5, 0.6) is 0 Å². The molecule has 0 saturated heterocycles. The number of carbonyl (C=O) groups excluding carboxylic acids is 2. The second-order valence-electron chi connectivity index (χ2n) is 6.25. The fourth-order valence-corrected chi connectivity index (χ4v) is 2.10. The Morgan fingerprint density at radius 1 is 1.05 bits per heavy atom. The molecular weight excluding hydrogens is 276 g/mol. The zero-order chi connectivity index (χ0) is 16.8. The lowest BCUT2D eigenvalue weighted by Crippen LogP contribution is -2.38. The second-order valence-corrected chi connectivity index (χ2v) is 6.25. The Hall–Kier alpha value is -1.16. The highest BCUT2D eigenvalue weighted by Gasteiger charge is 2.08. The number of nitrogens with zero attached hydrogens (tertiary/aromatic N) is 1. The van der Waals surface area contributed by atoms with Crippen molar-refractivity contribution in [2.75, 3.05) is 20.1 Å². The number of allylic oxidation sites excluding steroid dienone is 1. The van der Waals surface area contributed by atoms with Crippen LogP contribution in [0.3, 0.4) is 0 Å². The highest BCUT2D eigenvalue weighted by atomic mass is 16.2. The van der Waals surface area contributed by atoms with Gasteiger partial charge in [0.05, 0.1) is 6.54 Å². The van der Waals surface area contributed by atoms with Crippen LogP contribution in [-0.2, 0) is 9.59 Å².